The Morgan fingerprint density at radius 1 is 1.38 bits per heavy atom. The smallest absolute Gasteiger partial charge is 0.241 e. The van der Waals surface area contributed by atoms with Crippen LogP contribution in [0.5, 0.6) is 0 Å². The minimum absolute atomic E-state index is 0.128. The highest BCUT2D eigenvalue weighted by molar-refractivity contribution is 5.95. The van der Waals surface area contributed by atoms with Crippen LogP contribution in [-0.2, 0) is 11.3 Å². The monoisotopic (exact) mass is 286 g/mol. The van der Waals surface area contributed by atoms with Gasteiger partial charge in [0, 0.05) is 18.1 Å². The fourth-order valence-corrected chi connectivity index (χ4v) is 2.13. The number of benzene rings is 1. The Morgan fingerprint density at radius 2 is 2.19 bits per heavy atom. The molecule has 1 aromatic heterocycles. The number of anilines is 1. The Kier molecular flexibility index (Phi) is 5.51. The number of hydrogen-bond acceptors (Lipinski definition) is 3. The van der Waals surface area contributed by atoms with Crippen molar-refractivity contribution in [1.82, 2.24) is 9.78 Å². The van der Waals surface area contributed by atoms with Gasteiger partial charge in [0.05, 0.1) is 12.6 Å². The molecule has 5 heteroatoms. The quantitative estimate of drug-likeness (QED) is 0.820. The molecule has 0 aliphatic carbocycles. The van der Waals surface area contributed by atoms with Crippen molar-refractivity contribution < 1.29 is 4.79 Å². The number of aromatic nitrogens is 2. The van der Waals surface area contributed by atoms with Gasteiger partial charge in [0.1, 0.15) is 0 Å². The van der Waals surface area contributed by atoms with E-state index in [0.717, 1.165) is 24.1 Å². The third-order valence-corrected chi connectivity index (χ3v) is 3.37. The lowest BCUT2D eigenvalue weighted by Gasteiger charge is -2.14. The van der Waals surface area contributed by atoms with E-state index >= 15 is 0 Å². The summed E-state index contributed by atoms with van der Waals surface area (Å²) in [5, 5.41) is 7.11. The predicted octanol–water partition coefficient (Wildman–Crippen LogP) is 2.39. The Hall–Kier alpha value is -2.14. The van der Waals surface area contributed by atoms with Crippen LogP contribution in [0.4, 0.5) is 5.69 Å². The summed E-state index contributed by atoms with van der Waals surface area (Å²) < 4.78 is 1.82. The van der Waals surface area contributed by atoms with Gasteiger partial charge in [-0.2, -0.15) is 5.10 Å². The Morgan fingerprint density at radius 3 is 2.90 bits per heavy atom. The second kappa shape index (κ2) is 7.59. The van der Waals surface area contributed by atoms with Gasteiger partial charge in [0.15, 0.2) is 0 Å². The molecule has 1 unspecified atom stereocenters. The van der Waals surface area contributed by atoms with Crippen LogP contribution in [-0.4, -0.2) is 21.7 Å². The molecule has 112 valence electrons. The zero-order valence-electron chi connectivity index (χ0n) is 12.3. The number of amides is 1. The molecule has 0 saturated carbocycles. The molecule has 21 heavy (non-hydrogen) atoms. The highest BCUT2D eigenvalue weighted by atomic mass is 16.2. The molecule has 0 radical (unpaired) electrons. The average Bonchev–Trinajstić information content (AvgIpc) is 2.99. The number of nitrogens with one attached hydrogen (secondary N) is 1. The van der Waals surface area contributed by atoms with Crippen molar-refractivity contribution in [2.24, 2.45) is 5.73 Å². The third kappa shape index (κ3) is 4.43. The fourth-order valence-electron chi connectivity index (χ4n) is 2.13. The minimum Gasteiger partial charge on any atom is -0.324 e. The van der Waals surface area contributed by atoms with Gasteiger partial charge in [-0.25, -0.2) is 0 Å². The first-order valence-corrected chi connectivity index (χ1v) is 7.32. The number of nitrogens with zero attached hydrogens (tertiary/aromatic N) is 2. The normalized spacial score (nSPS) is 12.1. The molecule has 2 aromatic rings. The molecule has 0 bridgehead atoms. The summed E-state index contributed by atoms with van der Waals surface area (Å²) in [6.07, 6.45) is 6.34. The van der Waals surface area contributed by atoms with E-state index in [2.05, 4.69) is 17.3 Å². The molecule has 5 nitrogen and oxygen atoms in total. The first-order valence-electron chi connectivity index (χ1n) is 7.32. The maximum absolute atomic E-state index is 12.1. The van der Waals surface area contributed by atoms with Gasteiger partial charge < -0.3 is 11.1 Å². The van der Waals surface area contributed by atoms with E-state index in [1.807, 2.05) is 41.2 Å². The van der Waals surface area contributed by atoms with E-state index in [1.54, 1.807) is 6.20 Å². The molecule has 0 aliphatic heterocycles. The van der Waals surface area contributed by atoms with Gasteiger partial charge in [0.25, 0.3) is 0 Å². The fraction of sp³-hybridized carbons (Fsp3) is 0.375. The van der Waals surface area contributed by atoms with Crippen LogP contribution in [0.3, 0.4) is 0 Å². The van der Waals surface area contributed by atoms with Crippen molar-refractivity contribution in [3.63, 3.8) is 0 Å². The lowest BCUT2D eigenvalue weighted by atomic mass is 10.1. The van der Waals surface area contributed by atoms with Crippen LogP contribution in [0.2, 0.25) is 0 Å². The highest BCUT2D eigenvalue weighted by Gasteiger charge is 2.14. The van der Waals surface area contributed by atoms with E-state index in [4.69, 9.17) is 5.73 Å². The summed E-state index contributed by atoms with van der Waals surface area (Å²) >= 11 is 0. The Balaban J connectivity index is 2.04. The van der Waals surface area contributed by atoms with Crippen LogP contribution >= 0.6 is 0 Å². The van der Waals surface area contributed by atoms with Gasteiger partial charge >= 0.3 is 0 Å². The van der Waals surface area contributed by atoms with Gasteiger partial charge in [0.2, 0.25) is 5.91 Å². The standard InChI is InChI=1S/C16H22N4O/c1-2-3-8-14(17)16(21)19-15-9-5-4-7-13(15)12-20-11-6-10-18-20/h4-7,9-11,14H,2-3,8,12,17H2,1H3,(H,19,21). The molecule has 1 amide bonds. The van der Waals surface area contributed by atoms with Crippen LogP contribution in [0, 0.1) is 0 Å². The second-order valence-electron chi connectivity index (χ2n) is 5.10. The van der Waals surface area contributed by atoms with Gasteiger partial charge in [-0.1, -0.05) is 38.0 Å². The number of hydrogen-bond donors (Lipinski definition) is 2. The lowest BCUT2D eigenvalue weighted by Crippen LogP contribution is -2.35. The number of carbonyl (C=O) groups excluding carboxylic acids is 1. The molecule has 0 aliphatic rings. The van der Waals surface area contributed by atoms with Crippen molar-refractivity contribution >= 4 is 11.6 Å². The first-order chi connectivity index (χ1) is 10.2. The lowest BCUT2D eigenvalue weighted by molar-refractivity contribution is -0.117. The largest absolute Gasteiger partial charge is 0.324 e. The topological polar surface area (TPSA) is 72.9 Å². The van der Waals surface area contributed by atoms with Crippen molar-refractivity contribution in [2.75, 3.05) is 5.32 Å². The van der Waals surface area contributed by atoms with Crippen LogP contribution in [0.1, 0.15) is 31.7 Å². The van der Waals surface area contributed by atoms with Gasteiger partial charge in [-0.15, -0.1) is 0 Å². The molecule has 1 aromatic carbocycles. The third-order valence-electron chi connectivity index (χ3n) is 3.37. The van der Waals surface area contributed by atoms with Gasteiger partial charge in [-0.3, -0.25) is 9.48 Å². The van der Waals surface area contributed by atoms with E-state index in [1.165, 1.54) is 0 Å². The first kappa shape index (κ1) is 15.3. The molecular formula is C16H22N4O. The maximum Gasteiger partial charge on any atom is 0.241 e. The molecule has 1 atom stereocenters. The predicted molar refractivity (Wildman–Crippen MR) is 83.9 cm³/mol. The molecular weight excluding hydrogens is 264 g/mol. The number of rotatable bonds is 7. The second-order valence-corrected chi connectivity index (χ2v) is 5.10. The molecule has 3 N–H and O–H groups in total. The van der Waals surface area contributed by atoms with Crippen molar-refractivity contribution in [2.45, 2.75) is 38.8 Å². The number of unbranched alkanes of at least 4 members (excludes halogenated alkanes) is 1. The summed E-state index contributed by atoms with van der Waals surface area (Å²) in [4.78, 5) is 12.1. The molecule has 2 rings (SSSR count). The molecule has 1 heterocycles. The Labute approximate surface area is 125 Å². The molecule has 0 fully saturated rings. The van der Waals surface area contributed by atoms with Gasteiger partial charge in [-0.05, 0) is 24.1 Å². The summed E-state index contributed by atoms with van der Waals surface area (Å²) in [6.45, 7) is 2.71. The zero-order chi connectivity index (χ0) is 15.1. The number of nitrogens with two attached hydrogens (primary N) is 1. The maximum atomic E-state index is 12.1. The zero-order valence-corrected chi connectivity index (χ0v) is 12.3. The van der Waals surface area contributed by atoms with Crippen LogP contribution in [0.25, 0.3) is 0 Å². The highest BCUT2D eigenvalue weighted by Crippen LogP contribution is 2.16. The summed E-state index contributed by atoms with van der Waals surface area (Å²) in [6, 6.07) is 9.15. The van der Waals surface area contributed by atoms with E-state index in [-0.39, 0.29) is 5.91 Å². The summed E-state index contributed by atoms with van der Waals surface area (Å²) in [5.41, 5.74) is 7.72. The van der Waals surface area contributed by atoms with E-state index in [0.29, 0.717) is 13.0 Å². The number of para-hydroxylation sites is 1. The van der Waals surface area contributed by atoms with Crippen molar-refractivity contribution in [3.8, 4) is 0 Å². The van der Waals surface area contributed by atoms with Crippen LogP contribution < -0.4 is 11.1 Å². The summed E-state index contributed by atoms with van der Waals surface area (Å²) in [5.74, 6) is -0.128. The minimum atomic E-state index is -0.456. The van der Waals surface area contributed by atoms with E-state index in [9.17, 15) is 4.79 Å². The average molecular weight is 286 g/mol. The van der Waals surface area contributed by atoms with Crippen molar-refractivity contribution in [3.05, 3.63) is 48.3 Å². The SMILES string of the molecule is CCCCC(N)C(=O)Nc1ccccc1Cn1cccn1. The number of carbonyl (C=O) groups is 1. The summed E-state index contributed by atoms with van der Waals surface area (Å²) in [7, 11) is 0. The van der Waals surface area contributed by atoms with Crippen molar-refractivity contribution in [1.29, 1.82) is 0 Å². The molecule has 0 saturated heterocycles. The van der Waals surface area contributed by atoms with E-state index < -0.39 is 6.04 Å². The molecule has 0 spiro atoms. The van der Waals surface area contributed by atoms with Crippen LogP contribution in [0.15, 0.2) is 42.7 Å². The Bertz CT molecular complexity index is 565.